The number of hydrogen-bond acceptors (Lipinski definition) is 2. The monoisotopic (exact) mass is 239 g/mol. The molecule has 0 aromatic heterocycles. The summed E-state index contributed by atoms with van der Waals surface area (Å²) in [7, 11) is -3.87. The molecule has 1 aliphatic carbocycles. The second kappa shape index (κ2) is 3.45. The van der Waals surface area contributed by atoms with E-state index in [2.05, 4.69) is 13.1 Å². The molecule has 0 bridgehead atoms. The van der Waals surface area contributed by atoms with Crippen molar-refractivity contribution >= 4 is 18.6 Å². The van der Waals surface area contributed by atoms with Gasteiger partial charge in [0.2, 0.25) is 0 Å². The lowest BCUT2D eigenvalue weighted by Crippen LogP contribution is -2.36. The topological polar surface area (TPSA) is 34.1 Å². The average Bonchev–Trinajstić information content (AvgIpc) is 3.00. The molecule has 1 fully saturated rings. The van der Waals surface area contributed by atoms with Crippen molar-refractivity contribution in [3.05, 3.63) is 30.3 Å². The van der Waals surface area contributed by atoms with Crippen LogP contribution in [0.5, 0.6) is 0 Å². The molecular weight excluding hydrogens is 224 g/mol. The van der Waals surface area contributed by atoms with E-state index in [0.717, 1.165) is 12.8 Å². The van der Waals surface area contributed by atoms with Gasteiger partial charge in [0.25, 0.3) is 0 Å². The van der Waals surface area contributed by atoms with Gasteiger partial charge in [0.15, 0.2) is 9.84 Å². The SMILES string of the molecule is C[Si](C)C1(S(=O)(=O)c2ccccc2)CC1. The minimum Gasteiger partial charge on any atom is -0.223 e. The minimum absolute atomic E-state index is 0.376. The third-order valence-corrected chi connectivity index (χ3v) is 9.87. The van der Waals surface area contributed by atoms with E-state index in [1.807, 2.05) is 6.07 Å². The number of sulfone groups is 1. The van der Waals surface area contributed by atoms with Crippen LogP contribution in [-0.4, -0.2) is 21.6 Å². The maximum Gasteiger partial charge on any atom is 0.181 e. The van der Waals surface area contributed by atoms with Crippen LogP contribution in [0, 0.1) is 0 Å². The van der Waals surface area contributed by atoms with Crippen LogP contribution >= 0.6 is 0 Å². The zero-order chi connectivity index (χ0) is 11.1. The Morgan fingerprint density at radius 1 is 1.13 bits per heavy atom. The Kier molecular flexibility index (Phi) is 2.51. The summed E-state index contributed by atoms with van der Waals surface area (Å²) in [6, 6.07) is 8.85. The van der Waals surface area contributed by atoms with Crippen molar-refractivity contribution in [2.45, 2.75) is 35.2 Å². The van der Waals surface area contributed by atoms with Crippen LogP contribution in [0.15, 0.2) is 35.2 Å². The Hall–Kier alpha value is -0.613. The molecule has 1 aliphatic rings. The molecule has 15 heavy (non-hydrogen) atoms. The van der Waals surface area contributed by atoms with Gasteiger partial charge in [-0.2, -0.15) is 0 Å². The summed E-state index contributed by atoms with van der Waals surface area (Å²) in [6.45, 7) is 4.19. The number of rotatable bonds is 3. The van der Waals surface area contributed by atoms with Crippen LogP contribution in [0.3, 0.4) is 0 Å². The summed E-state index contributed by atoms with van der Waals surface area (Å²) in [5.41, 5.74) is 0. The Morgan fingerprint density at radius 2 is 1.67 bits per heavy atom. The molecule has 1 saturated carbocycles. The maximum atomic E-state index is 12.4. The zero-order valence-corrected chi connectivity index (χ0v) is 10.8. The summed E-state index contributed by atoms with van der Waals surface area (Å²) in [6.07, 6.45) is 1.71. The zero-order valence-electron chi connectivity index (χ0n) is 9.03. The van der Waals surface area contributed by atoms with E-state index in [1.54, 1.807) is 24.3 Å². The van der Waals surface area contributed by atoms with E-state index in [1.165, 1.54) is 0 Å². The molecule has 1 aromatic carbocycles. The van der Waals surface area contributed by atoms with Crippen molar-refractivity contribution in [2.24, 2.45) is 0 Å². The standard InChI is InChI=1S/C11H15O2SSi/c1-15(2)11(8-9-11)14(12,13)10-6-4-3-5-7-10/h3-7H,8-9H2,1-2H3. The average molecular weight is 239 g/mol. The fourth-order valence-electron chi connectivity index (χ4n) is 1.98. The van der Waals surface area contributed by atoms with Gasteiger partial charge < -0.3 is 0 Å². The predicted octanol–water partition coefficient (Wildman–Crippen LogP) is 2.29. The van der Waals surface area contributed by atoms with Crippen molar-refractivity contribution in [3.8, 4) is 0 Å². The van der Waals surface area contributed by atoms with Crippen LogP contribution in [0.1, 0.15) is 12.8 Å². The molecule has 0 N–H and O–H groups in total. The van der Waals surface area contributed by atoms with Gasteiger partial charge in [-0.25, -0.2) is 8.42 Å². The second-order valence-electron chi connectivity index (χ2n) is 4.31. The molecule has 4 heteroatoms. The van der Waals surface area contributed by atoms with Crippen LogP contribution in [-0.2, 0) is 9.84 Å². The van der Waals surface area contributed by atoms with Gasteiger partial charge >= 0.3 is 0 Å². The summed E-state index contributed by atoms with van der Waals surface area (Å²) < 4.78 is 24.4. The molecule has 81 valence electrons. The molecule has 0 heterocycles. The van der Waals surface area contributed by atoms with Gasteiger partial charge in [-0.15, -0.1) is 0 Å². The smallest absolute Gasteiger partial charge is 0.181 e. The fraction of sp³-hybridized carbons (Fsp3) is 0.455. The first-order valence-corrected chi connectivity index (χ1v) is 9.09. The first-order valence-electron chi connectivity index (χ1n) is 5.11. The highest BCUT2D eigenvalue weighted by Crippen LogP contribution is 2.48. The predicted molar refractivity (Wildman–Crippen MR) is 63.1 cm³/mol. The Bertz CT molecular complexity index is 447. The van der Waals surface area contributed by atoms with Crippen molar-refractivity contribution in [1.82, 2.24) is 0 Å². The van der Waals surface area contributed by atoms with Crippen molar-refractivity contribution in [1.29, 1.82) is 0 Å². The molecule has 2 rings (SSSR count). The van der Waals surface area contributed by atoms with E-state index in [9.17, 15) is 8.42 Å². The van der Waals surface area contributed by atoms with Crippen molar-refractivity contribution < 1.29 is 8.42 Å². The lowest BCUT2D eigenvalue weighted by molar-refractivity contribution is 0.590. The minimum atomic E-state index is -3.08. The third-order valence-electron chi connectivity index (χ3n) is 3.18. The molecule has 2 nitrogen and oxygen atoms in total. The molecular formula is C11H15O2SSi. The first-order chi connectivity index (χ1) is 7.01. The molecule has 1 aromatic rings. The van der Waals surface area contributed by atoms with Gasteiger partial charge in [-0.05, 0) is 25.0 Å². The van der Waals surface area contributed by atoms with Crippen LogP contribution in [0.2, 0.25) is 13.1 Å². The molecule has 0 atom stereocenters. The van der Waals surface area contributed by atoms with Gasteiger partial charge in [-0.1, -0.05) is 31.3 Å². The lowest BCUT2D eigenvalue weighted by atomic mass is 10.4. The number of hydrogen-bond donors (Lipinski definition) is 0. The Labute approximate surface area is 92.9 Å². The van der Waals surface area contributed by atoms with Gasteiger partial charge in [0.1, 0.15) is 0 Å². The molecule has 1 radical (unpaired) electrons. The highest BCUT2D eigenvalue weighted by atomic mass is 32.2. The van der Waals surface area contributed by atoms with Gasteiger partial charge in [0.05, 0.1) is 18.1 Å². The molecule has 0 unspecified atom stereocenters. The highest BCUT2D eigenvalue weighted by Gasteiger charge is 2.57. The first kappa shape index (κ1) is 10.9. The fourth-order valence-corrected chi connectivity index (χ4v) is 7.21. The summed E-state index contributed by atoms with van der Waals surface area (Å²) in [5.74, 6) is 0. The van der Waals surface area contributed by atoms with Crippen LogP contribution in [0.25, 0.3) is 0 Å². The number of benzene rings is 1. The summed E-state index contributed by atoms with van der Waals surface area (Å²) >= 11 is 0. The quantitative estimate of drug-likeness (QED) is 0.758. The Morgan fingerprint density at radius 3 is 2.07 bits per heavy atom. The third kappa shape index (κ3) is 1.56. The van der Waals surface area contributed by atoms with E-state index in [4.69, 9.17) is 0 Å². The highest BCUT2D eigenvalue weighted by molar-refractivity contribution is 7.94. The summed E-state index contributed by atoms with van der Waals surface area (Å²) in [4.78, 5) is 0.494. The second-order valence-corrected chi connectivity index (χ2v) is 9.89. The molecule has 0 amide bonds. The Balaban J connectivity index is 2.46. The van der Waals surface area contributed by atoms with E-state index < -0.39 is 18.6 Å². The van der Waals surface area contributed by atoms with Gasteiger partial charge in [-0.3, -0.25) is 0 Å². The maximum absolute atomic E-state index is 12.4. The van der Waals surface area contributed by atoms with E-state index in [-0.39, 0.29) is 4.37 Å². The van der Waals surface area contributed by atoms with Gasteiger partial charge in [0, 0.05) is 0 Å². The van der Waals surface area contributed by atoms with Crippen molar-refractivity contribution in [2.75, 3.05) is 0 Å². The van der Waals surface area contributed by atoms with Crippen LogP contribution in [0.4, 0.5) is 0 Å². The molecule has 0 aliphatic heterocycles. The molecule has 0 spiro atoms. The van der Waals surface area contributed by atoms with Crippen molar-refractivity contribution in [3.63, 3.8) is 0 Å². The summed E-state index contributed by atoms with van der Waals surface area (Å²) in [5, 5.41) is 0. The normalized spacial score (nSPS) is 19.1. The molecule has 0 saturated heterocycles. The van der Waals surface area contributed by atoms with Crippen LogP contribution < -0.4 is 0 Å². The lowest BCUT2D eigenvalue weighted by Gasteiger charge is -2.18. The van der Waals surface area contributed by atoms with E-state index in [0.29, 0.717) is 4.90 Å². The van der Waals surface area contributed by atoms with E-state index >= 15 is 0 Å². The largest absolute Gasteiger partial charge is 0.223 e.